The molecule has 0 saturated carbocycles. The number of amides is 1. The number of esters is 1. The first kappa shape index (κ1) is 20.4. The molecule has 1 atom stereocenters. The molecule has 27 heavy (non-hydrogen) atoms. The van der Waals surface area contributed by atoms with E-state index in [0.29, 0.717) is 13.2 Å². The summed E-state index contributed by atoms with van der Waals surface area (Å²) < 4.78 is 10.2. The van der Waals surface area contributed by atoms with Gasteiger partial charge in [-0.2, -0.15) is 0 Å². The van der Waals surface area contributed by atoms with Crippen LogP contribution in [-0.2, 0) is 27.3 Å². The first-order valence-electron chi connectivity index (χ1n) is 8.99. The third-order valence-corrected chi connectivity index (χ3v) is 4.14. The Bertz CT molecular complexity index is 732. The second-order valence-electron chi connectivity index (χ2n) is 6.31. The lowest BCUT2D eigenvalue weighted by Gasteiger charge is -2.25. The van der Waals surface area contributed by atoms with Gasteiger partial charge in [-0.3, -0.25) is 14.6 Å². The van der Waals surface area contributed by atoms with Crippen LogP contribution in [0.15, 0.2) is 48.8 Å². The van der Waals surface area contributed by atoms with Crippen molar-refractivity contribution in [3.63, 3.8) is 0 Å². The Balaban J connectivity index is 2.10. The maximum atomic E-state index is 12.9. The third-order valence-electron chi connectivity index (χ3n) is 4.14. The molecule has 144 valence electrons. The van der Waals surface area contributed by atoms with Crippen LogP contribution in [0.2, 0.25) is 0 Å². The maximum Gasteiger partial charge on any atom is 0.310 e. The van der Waals surface area contributed by atoms with E-state index in [9.17, 15) is 9.59 Å². The summed E-state index contributed by atoms with van der Waals surface area (Å²) in [5.41, 5.74) is 1.81. The van der Waals surface area contributed by atoms with Crippen molar-refractivity contribution in [3.05, 3.63) is 59.9 Å². The number of nitrogens with zero attached hydrogens (tertiary/aromatic N) is 2. The monoisotopic (exact) mass is 370 g/mol. The normalized spacial score (nSPS) is 11.5. The van der Waals surface area contributed by atoms with Crippen molar-refractivity contribution >= 4 is 11.9 Å². The van der Waals surface area contributed by atoms with Crippen LogP contribution in [0.1, 0.15) is 25.0 Å². The SMILES string of the molecule is CCOc1ccc(CC(=O)N(Cc2cccnc2)CC(C)C(=O)OC)cc1. The maximum absolute atomic E-state index is 12.9. The first-order chi connectivity index (χ1) is 13.0. The van der Waals surface area contributed by atoms with Crippen LogP contribution in [0.4, 0.5) is 0 Å². The molecule has 1 unspecified atom stereocenters. The highest BCUT2D eigenvalue weighted by atomic mass is 16.5. The van der Waals surface area contributed by atoms with Gasteiger partial charge >= 0.3 is 5.97 Å². The van der Waals surface area contributed by atoms with Crippen molar-refractivity contribution in [2.24, 2.45) is 5.92 Å². The average Bonchev–Trinajstić information content (AvgIpc) is 2.69. The van der Waals surface area contributed by atoms with E-state index in [1.165, 1.54) is 7.11 Å². The van der Waals surface area contributed by atoms with Gasteiger partial charge in [-0.15, -0.1) is 0 Å². The molecule has 1 aromatic heterocycles. The summed E-state index contributed by atoms with van der Waals surface area (Å²) in [7, 11) is 1.35. The Morgan fingerprint density at radius 1 is 1.15 bits per heavy atom. The molecule has 0 fully saturated rings. The van der Waals surface area contributed by atoms with Gasteiger partial charge in [0, 0.05) is 25.5 Å². The highest BCUT2D eigenvalue weighted by Crippen LogP contribution is 2.15. The Kier molecular flexibility index (Phi) is 7.79. The molecule has 1 heterocycles. The predicted molar refractivity (Wildman–Crippen MR) is 102 cm³/mol. The van der Waals surface area contributed by atoms with Crippen molar-refractivity contribution in [1.82, 2.24) is 9.88 Å². The molecule has 0 aliphatic rings. The van der Waals surface area contributed by atoms with Crippen LogP contribution in [-0.4, -0.2) is 42.0 Å². The number of pyridine rings is 1. The Morgan fingerprint density at radius 2 is 1.89 bits per heavy atom. The highest BCUT2D eigenvalue weighted by molar-refractivity contribution is 5.80. The van der Waals surface area contributed by atoms with Crippen LogP contribution in [0.25, 0.3) is 0 Å². The average molecular weight is 370 g/mol. The van der Waals surface area contributed by atoms with E-state index in [1.807, 2.05) is 43.3 Å². The highest BCUT2D eigenvalue weighted by Gasteiger charge is 2.22. The molecule has 0 aliphatic carbocycles. The summed E-state index contributed by atoms with van der Waals surface area (Å²) in [6.07, 6.45) is 3.66. The molecule has 1 amide bonds. The minimum absolute atomic E-state index is 0.0567. The van der Waals surface area contributed by atoms with Crippen molar-refractivity contribution < 1.29 is 19.1 Å². The van der Waals surface area contributed by atoms with E-state index in [1.54, 1.807) is 24.2 Å². The summed E-state index contributed by atoms with van der Waals surface area (Å²) in [5.74, 6) is -0.0185. The number of hydrogen-bond acceptors (Lipinski definition) is 5. The second kappa shape index (κ2) is 10.3. The molecule has 0 aliphatic heterocycles. The number of rotatable bonds is 9. The zero-order valence-corrected chi connectivity index (χ0v) is 16.1. The van der Waals surface area contributed by atoms with Crippen molar-refractivity contribution in [2.45, 2.75) is 26.8 Å². The number of carbonyl (C=O) groups excluding carboxylic acids is 2. The number of methoxy groups -OCH3 is 1. The molecule has 6 nitrogen and oxygen atoms in total. The minimum Gasteiger partial charge on any atom is -0.494 e. The molecule has 0 radical (unpaired) electrons. The largest absolute Gasteiger partial charge is 0.494 e. The fourth-order valence-electron chi connectivity index (χ4n) is 2.73. The lowest BCUT2D eigenvalue weighted by atomic mass is 10.1. The van der Waals surface area contributed by atoms with E-state index < -0.39 is 5.92 Å². The smallest absolute Gasteiger partial charge is 0.310 e. The van der Waals surface area contributed by atoms with E-state index in [0.717, 1.165) is 16.9 Å². The fourth-order valence-corrected chi connectivity index (χ4v) is 2.73. The van der Waals surface area contributed by atoms with Crippen LogP contribution in [0.3, 0.4) is 0 Å². The van der Waals surface area contributed by atoms with Crippen molar-refractivity contribution in [2.75, 3.05) is 20.3 Å². The van der Waals surface area contributed by atoms with Crippen LogP contribution >= 0.6 is 0 Å². The molecular formula is C21H26N2O4. The summed E-state index contributed by atoms with van der Waals surface area (Å²) in [4.78, 5) is 30.5. The summed E-state index contributed by atoms with van der Waals surface area (Å²) in [5, 5.41) is 0. The van der Waals surface area contributed by atoms with Gasteiger partial charge in [0.15, 0.2) is 0 Å². The molecular weight excluding hydrogens is 344 g/mol. The molecule has 2 aromatic rings. The van der Waals surface area contributed by atoms with Gasteiger partial charge < -0.3 is 14.4 Å². The molecule has 0 N–H and O–H groups in total. The lowest BCUT2D eigenvalue weighted by molar-refractivity contribution is -0.146. The standard InChI is InChI=1S/C21H26N2O4/c1-4-27-19-9-7-17(8-10-19)12-20(24)23(14-16(2)21(25)26-3)15-18-6-5-11-22-13-18/h5-11,13,16H,4,12,14-15H2,1-3H3. The van der Waals surface area contributed by atoms with Gasteiger partial charge in [0.05, 0.1) is 26.1 Å². The van der Waals surface area contributed by atoms with Gasteiger partial charge in [-0.1, -0.05) is 25.1 Å². The number of aromatic nitrogens is 1. The van der Waals surface area contributed by atoms with Gasteiger partial charge in [-0.25, -0.2) is 0 Å². The van der Waals surface area contributed by atoms with E-state index in [4.69, 9.17) is 9.47 Å². The minimum atomic E-state index is -0.407. The number of ether oxygens (including phenoxy) is 2. The fraction of sp³-hybridized carbons (Fsp3) is 0.381. The van der Waals surface area contributed by atoms with E-state index in [-0.39, 0.29) is 24.8 Å². The van der Waals surface area contributed by atoms with Gasteiger partial charge in [0.2, 0.25) is 5.91 Å². The van der Waals surface area contributed by atoms with Gasteiger partial charge in [0.25, 0.3) is 0 Å². The van der Waals surface area contributed by atoms with Gasteiger partial charge in [-0.05, 0) is 36.2 Å². The van der Waals surface area contributed by atoms with Crippen LogP contribution < -0.4 is 4.74 Å². The molecule has 6 heteroatoms. The number of carbonyl (C=O) groups is 2. The first-order valence-corrected chi connectivity index (χ1v) is 8.99. The number of benzene rings is 1. The van der Waals surface area contributed by atoms with Gasteiger partial charge in [0.1, 0.15) is 5.75 Å². The van der Waals surface area contributed by atoms with Crippen molar-refractivity contribution in [1.29, 1.82) is 0 Å². The summed E-state index contributed by atoms with van der Waals surface area (Å²) in [6, 6.07) is 11.2. The van der Waals surface area contributed by atoms with Crippen LogP contribution in [0.5, 0.6) is 5.75 Å². The summed E-state index contributed by atoms with van der Waals surface area (Å²) in [6.45, 7) is 4.97. The summed E-state index contributed by atoms with van der Waals surface area (Å²) >= 11 is 0. The predicted octanol–water partition coefficient (Wildman–Crippen LogP) is 2.86. The molecule has 1 aromatic carbocycles. The molecule has 0 spiro atoms. The zero-order chi connectivity index (χ0) is 19.6. The molecule has 2 rings (SSSR count). The molecule has 0 bridgehead atoms. The Labute approximate surface area is 160 Å². The zero-order valence-electron chi connectivity index (χ0n) is 16.1. The van der Waals surface area contributed by atoms with Crippen molar-refractivity contribution in [3.8, 4) is 5.75 Å². The number of hydrogen-bond donors (Lipinski definition) is 0. The van der Waals surface area contributed by atoms with E-state index in [2.05, 4.69) is 4.98 Å². The Hall–Kier alpha value is -2.89. The van der Waals surface area contributed by atoms with E-state index >= 15 is 0 Å². The lowest BCUT2D eigenvalue weighted by Crippen LogP contribution is -2.37. The topological polar surface area (TPSA) is 68.7 Å². The second-order valence-corrected chi connectivity index (χ2v) is 6.31. The quantitative estimate of drug-likeness (QED) is 0.635. The Morgan fingerprint density at radius 3 is 2.48 bits per heavy atom. The third kappa shape index (κ3) is 6.40. The molecule has 0 saturated heterocycles. The van der Waals surface area contributed by atoms with Crippen LogP contribution in [0, 0.1) is 5.92 Å².